The fraction of sp³-hybridized carbons (Fsp3) is 0.238. The Morgan fingerprint density at radius 1 is 1.13 bits per heavy atom. The predicted octanol–water partition coefficient (Wildman–Crippen LogP) is 4.61. The van der Waals surface area contributed by atoms with Crippen molar-refractivity contribution in [1.29, 1.82) is 0 Å². The van der Waals surface area contributed by atoms with E-state index in [4.69, 9.17) is 25.6 Å². The Morgan fingerprint density at radius 2 is 1.90 bits per heavy atom. The maximum Gasteiger partial charge on any atom is 0.258 e. The third-order valence-corrected chi connectivity index (χ3v) is 5.30. The average molecular weight is 458 g/mol. The zero-order chi connectivity index (χ0) is 21.8. The molecule has 0 saturated heterocycles. The number of aromatic nitrogens is 5. The molecule has 0 spiro atoms. The molecule has 2 heterocycles. The van der Waals surface area contributed by atoms with E-state index in [1.54, 1.807) is 19.2 Å². The number of halogens is 1. The van der Waals surface area contributed by atoms with Crippen LogP contribution in [0.1, 0.15) is 29.6 Å². The minimum atomic E-state index is -0.515. The molecule has 4 aromatic rings. The Morgan fingerprint density at radius 3 is 2.61 bits per heavy atom. The van der Waals surface area contributed by atoms with E-state index < -0.39 is 5.25 Å². The molecule has 0 bridgehead atoms. The first kappa shape index (κ1) is 21.2. The van der Waals surface area contributed by atoms with Crippen LogP contribution < -0.4 is 9.47 Å². The lowest BCUT2D eigenvalue weighted by Crippen LogP contribution is -2.11. The maximum absolute atomic E-state index is 6.05. The van der Waals surface area contributed by atoms with Gasteiger partial charge in [-0.25, -0.2) is 0 Å². The molecule has 4 rings (SSSR count). The van der Waals surface area contributed by atoms with Crippen LogP contribution in [0.25, 0.3) is 11.5 Å². The van der Waals surface area contributed by atoms with Crippen LogP contribution in [0, 0.1) is 0 Å². The van der Waals surface area contributed by atoms with E-state index in [1.165, 1.54) is 0 Å². The van der Waals surface area contributed by atoms with E-state index in [9.17, 15) is 0 Å². The lowest BCUT2D eigenvalue weighted by Gasteiger charge is -2.11. The Labute approximate surface area is 189 Å². The second-order valence-corrected chi connectivity index (χ2v) is 7.51. The maximum atomic E-state index is 6.05. The predicted molar refractivity (Wildman–Crippen MR) is 119 cm³/mol. The summed E-state index contributed by atoms with van der Waals surface area (Å²) in [6.45, 7) is 2.89. The third-order valence-electron chi connectivity index (χ3n) is 4.60. The average Bonchev–Trinajstić information content (AvgIpc) is 3.45. The topological polar surface area (TPSA) is 88.1 Å². The molecule has 1 atom stereocenters. The lowest BCUT2D eigenvalue weighted by molar-refractivity contribution is 0.288. The second kappa shape index (κ2) is 9.40. The highest BCUT2D eigenvalue weighted by Gasteiger charge is 2.24. The van der Waals surface area contributed by atoms with Gasteiger partial charge in [0.1, 0.15) is 23.4 Å². The third kappa shape index (κ3) is 4.67. The van der Waals surface area contributed by atoms with Gasteiger partial charge in [0.15, 0.2) is 17.5 Å². The highest BCUT2D eigenvalue weighted by Crippen LogP contribution is 2.29. The molecule has 160 valence electrons. The van der Waals surface area contributed by atoms with Crippen molar-refractivity contribution in [3.8, 4) is 23.0 Å². The van der Waals surface area contributed by atoms with E-state index >= 15 is 0 Å². The standard InChI is InChI=1S/C21H20ClN5O3S/c1-3-27-17(12-29-16-9-7-15(28-2)8-10-16)24-25-20(27)18(31)19-23-21(30-26-19)13-5-4-6-14(22)11-13/h4-11,18,31H,3,12H2,1-2H3. The summed E-state index contributed by atoms with van der Waals surface area (Å²) in [6, 6.07) is 14.6. The highest BCUT2D eigenvalue weighted by molar-refractivity contribution is 7.80. The molecule has 0 aliphatic carbocycles. The number of rotatable bonds is 8. The molecule has 0 aliphatic heterocycles. The zero-order valence-electron chi connectivity index (χ0n) is 16.9. The molecule has 0 radical (unpaired) electrons. The first-order valence-corrected chi connectivity index (χ1v) is 10.4. The minimum Gasteiger partial charge on any atom is -0.497 e. The van der Waals surface area contributed by atoms with Gasteiger partial charge in [-0.3, -0.25) is 0 Å². The van der Waals surface area contributed by atoms with Gasteiger partial charge in [0.2, 0.25) is 0 Å². The molecule has 0 fully saturated rings. The second-order valence-electron chi connectivity index (χ2n) is 6.55. The summed E-state index contributed by atoms with van der Waals surface area (Å²) in [4.78, 5) is 4.46. The number of methoxy groups -OCH3 is 1. The van der Waals surface area contributed by atoms with Crippen LogP contribution in [-0.2, 0) is 13.2 Å². The molecular weight excluding hydrogens is 438 g/mol. The normalized spacial score (nSPS) is 12.0. The Bertz CT molecular complexity index is 1160. The van der Waals surface area contributed by atoms with Gasteiger partial charge in [0.25, 0.3) is 5.89 Å². The van der Waals surface area contributed by atoms with Crippen molar-refractivity contribution < 1.29 is 14.0 Å². The molecule has 0 aliphatic rings. The molecular formula is C21H20ClN5O3S. The van der Waals surface area contributed by atoms with Crippen LogP contribution in [0.4, 0.5) is 0 Å². The molecule has 2 aromatic heterocycles. The largest absolute Gasteiger partial charge is 0.497 e. The molecule has 2 aromatic carbocycles. The van der Waals surface area contributed by atoms with Crippen LogP contribution in [0.3, 0.4) is 0 Å². The van der Waals surface area contributed by atoms with Crippen LogP contribution in [0.15, 0.2) is 53.1 Å². The van der Waals surface area contributed by atoms with E-state index in [2.05, 4.69) is 33.0 Å². The Kier molecular flexibility index (Phi) is 6.43. The van der Waals surface area contributed by atoms with Gasteiger partial charge < -0.3 is 18.6 Å². The summed E-state index contributed by atoms with van der Waals surface area (Å²) >= 11 is 10.7. The molecule has 0 N–H and O–H groups in total. The number of benzene rings is 2. The van der Waals surface area contributed by atoms with Crippen molar-refractivity contribution in [3.63, 3.8) is 0 Å². The van der Waals surface area contributed by atoms with Crippen molar-refractivity contribution in [2.75, 3.05) is 7.11 Å². The summed E-state index contributed by atoms with van der Waals surface area (Å²) < 4.78 is 18.3. The van der Waals surface area contributed by atoms with Crippen LogP contribution in [0.2, 0.25) is 5.02 Å². The summed E-state index contributed by atoms with van der Waals surface area (Å²) in [5.74, 6) is 3.51. The van der Waals surface area contributed by atoms with Crippen molar-refractivity contribution in [3.05, 3.63) is 71.0 Å². The molecule has 10 heteroatoms. The molecule has 8 nitrogen and oxygen atoms in total. The summed E-state index contributed by atoms with van der Waals surface area (Å²) in [5, 5.41) is 12.7. The van der Waals surface area contributed by atoms with Gasteiger partial charge in [-0.2, -0.15) is 17.6 Å². The summed E-state index contributed by atoms with van der Waals surface area (Å²) in [5.41, 5.74) is 0.734. The smallest absolute Gasteiger partial charge is 0.258 e. The number of hydrogen-bond donors (Lipinski definition) is 1. The molecule has 0 amide bonds. The zero-order valence-corrected chi connectivity index (χ0v) is 18.5. The van der Waals surface area contributed by atoms with E-state index in [1.807, 2.05) is 47.9 Å². The van der Waals surface area contributed by atoms with Gasteiger partial charge in [0.05, 0.1) is 7.11 Å². The number of thiol groups is 1. The van der Waals surface area contributed by atoms with Crippen LogP contribution in [-0.4, -0.2) is 32.0 Å². The number of ether oxygens (including phenoxy) is 2. The summed E-state index contributed by atoms with van der Waals surface area (Å²) in [7, 11) is 1.62. The van der Waals surface area contributed by atoms with Crippen molar-refractivity contribution in [2.45, 2.75) is 25.3 Å². The minimum absolute atomic E-state index is 0.258. The molecule has 1 unspecified atom stereocenters. The van der Waals surface area contributed by atoms with Crippen molar-refractivity contribution >= 4 is 24.2 Å². The molecule has 0 saturated carbocycles. The van der Waals surface area contributed by atoms with Crippen LogP contribution in [0.5, 0.6) is 11.5 Å². The van der Waals surface area contributed by atoms with Crippen molar-refractivity contribution in [2.24, 2.45) is 0 Å². The lowest BCUT2D eigenvalue weighted by atomic mass is 10.2. The number of hydrogen-bond acceptors (Lipinski definition) is 8. The van der Waals surface area contributed by atoms with E-state index in [0.717, 1.165) is 11.3 Å². The first-order chi connectivity index (χ1) is 15.1. The van der Waals surface area contributed by atoms with E-state index in [-0.39, 0.29) is 6.61 Å². The fourth-order valence-electron chi connectivity index (χ4n) is 3.02. The molecule has 31 heavy (non-hydrogen) atoms. The van der Waals surface area contributed by atoms with E-state index in [0.29, 0.717) is 40.7 Å². The van der Waals surface area contributed by atoms with Gasteiger partial charge >= 0.3 is 0 Å². The fourth-order valence-corrected chi connectivity index (χ4v) is 3.51. The van der Waals surface area contributed by atoms with Gasteiger partial charge in [-0.1, -0.05) is 22.8 Å². The Hall–Kier alpha value is -3.04. The van der Waals surface area contributed by atoms with Gasteiger partial charge in [-0.15, -0.1) is 10.2 Å². The monoisotopic (exact) mass is 457 g/mol. The van der Waals surface area contributed by atoms with Gasteiger partial charge in [-0.05, 0) is 49.4 Å². The summed E-state index contributed by atoms with van der Waals surface area (Å²) in [6.07, 6.45) is 0. The quantitative estimate of drug-likeness (QED) is 0.386. The van der Waals surface area contributed by atoms with Gasteiger partial charge in [0, 0.05) is 17.1 Å². The van der Waals surface area contributed by atoms with Crippen molar-refractivity contribution in [1.82, 2.24) is 24.9 Å². The Balaban J connectivity index is 1.51. The van der Waals surface area contributed by atoms with Crippen LogP contribution >= 0.6 is 24.2 Å². The highest BCUT2D eigenvalue weighted by atomic mass is 35.5. The SMILES string of the molecule is CCn1c(COc2ccc(OC)cc2)nnc1C(S)c1noc(-c2cccc(Cl)c2)n1. The first-order valence-electron chi connectivity index (χ1n) is 9.55. The number of nitrogens with zero attached hydrogens (tertiary/aromatic N) is 5.